The maximum absolute atomic E-state index is 11.9. The first-order chi connectivity index (χ1) is 10.4. The van der Waals surface area contributed by atoms with E-state index < -0.39 is 0 Å². The molecule has 0 spiro atoms. The van der Waals surface area contributed by atoms with Gasteiger partial charge in [-0.3, -0.25) is 5.32 Å². The molecule has 0 radical (unpaired) electrons. The molecule has 1 unspecified atom stereocenters. The van der Waals surface area contributed by atoms with Gasteiger partial charge in [-0.2, -0.15) is 0 Å². The smallest absolute Gasteiger partial charge is 0.324 e. The number of hydrogen-bond acceptors (Lipinski definition) is 5. The molecule has 2 aromatic rings. The van der Waals surface area contributed by atoms with Crippen molar-refractivity contribution >= 4 is 28.2 Å². The molecular weight excluding hydrogens is 298 g/mol. The van der Waals surface area contributed by atoms with E-state index in [1.165, 1.54) is 11.3 Å². The standard InChI is InChI=1S/C15H21N5OS/c1-9(2)8-13-19-20-15(22-13)18-14(21)17-12-6-4-11(5-7-12)10(3)16/h4-7,9-10H,8,16H2,1-3H3,(H2,17,18,20,21). The van der Waals surface area contributed by atoms with Crippen LogP contribution in [0, 0.1) is 5.92 Å². The quantitative estimate of drug-likeness (QED) is 0.787. The Kier molecular flexibility index (Phi) is 5.46. The molecule has 0 aliphatic rings. The third-order valence-electron chi connectivity index (χ3n) is 2.96. The normalized spacial score (nSPS) is 12.2. The van der Waals surface area contributed by atoms with Crippen LogP contribution in [0.1, 0.15) is 37.4 Å². The third-order valence-corrected chi connectivity index (χ3v) is 3.83. The van der Waals surface area contributed by atoms with Crippen LogP contribution in [0.4, 0.5) is 15.6 Å². The minimum atomic E-state index is -0.333. The predicted octanol–water partition coefficient (Wildman–Crippen LogP) is 3.40. The molecule has 22 heavy (non-hydrogen) atoms. The van der Waals surface area contributed by atoms with Crippen LogP contribution in [0.25, 0.3) is 0 Å². The van der Waals surface area contributed by atoms with Gasteiger partial charge < -0.3 is 11.1 Å². The number of benzene rings is 1. The fraction of sp³-hybridized carbons (Fsp3) is 0.400. The molecule has 1 aromatic heterocycles. The third kappa shape index (κ3) is 4.78. The van der Waals surface area contributed by atoms with Crippen molar-refractivity contribution in [2.24, 2.45) is 11.7 Å². The molecule has 1 heterocycles. The molecule has 0 fully saturated rings. The Bertz CT molecular complexity index is 621. The lowest BCUT2D eigenvalue weighted by atomic mass is 10.1. The van der Waals surface area contributed by atoms with Crippen molar-refractivity contribution in [2.45, 2.75) is 33.2 Å². The fourth-order valence-corrected chi connectivity index (χ4v) is 2.81. The molecule has 2 amide bonds. The number of carbonyl (C=O) groups excluding carboxylic acids is 1. The van der Waals surface area contributed by atoms with Crippen molar-refractivity contribution in [2.75, 3.05) is 10.6 Å². The molecule has 1 atom stereocenters. The van der Waals surface area contributed by atoms with Crippen LogP contribution in [-0.2, 0) is 6.42 Å². The van der Waals surface area contributed by atoms with Gasteiger partial charge in [-0.25, -0.2) is 4.79 Å². The highest BCUT2D eigenvalue weighted by Gasteiger charge is 2.09. The van der Waals surface area contributed by atoms with Gasteiger partial charge in [0.1, 0.15) is 5.01 Å². The highest BCUT2D eigenvalue weighted by atomic mass is 32.1. The largest absolute Gasteiger partial charge is 0.325 e. The summed E-state index contributed by atoms with van der Waals surface area (Å²) in [6, 6.07) is 7.08. The lowest BCUT2D eigenvalue weighted by Crippen LogP contribution is -2.19. The summed E-state index contributed by atoms with van der Waals surface area (Å²) in [6.45, 7) is 6.15. The van der Waals surface area contributed by atoms with Crippen LogP contribution >= 0.6 is 11.3 Å². The Morgan fingerprint density at radius 2 is 1.86 bits per heavy atom. The Morgan fingerprint density at radius 1 is 1.18 bits per heavy atom. The molecule has 0 saturated carbocycles. The van der Waals surface area contributed by atoms with E-state index in [-0.39, 0.29) is 12.1 Å². The van der Waals surface area contributed by atoms with Crippen LogP contribution in [0.3, 0.4) is 0 Å². The van der Waals surface area contributed by atoms with E-state index in [2.05, 4.69) is 34.7 Å². The summed E-state index contributed by atoms with van der Waals surface area (Å²) in [7, 11) is 0. The van der Waals surface area contributed by atoms with E-state index >= 15 is 0 Å². The predicted molar refractivity (Wildman–Crippen MR) is 90.1 cm³/mol. The molecule has 7 heteroatoms. The summed E-state index contributed by atoms with van der Waals surface area (Å²) in [5.41, 5.74) is 7.51. The first kappa shape index (κ1) is 16.4. The van der Waals surface area contributed by atoms with Gasteiger partial charge in [0.25, 0.3) is 0 Å². The van der Waals surface area contributed by atoms with Crippen molar-refractivity contribution < 1.29 is 4.79 Å². The van der Waals surface area contributed by atoms with Gasteiger partial charge in [-0.1, -0.05) is 37.3 Å². The molecule has 0 saturated heterocycles. The zero-order valence-electron chi connectivity index (χ0n) is 13.0. The average molecular weight is 319 g/mol. The lowest BCUT2D eigenvalue weighted by Gasteiger charge is -2.08. The van der Waals surface area contributed by atoms with Crippen molar-refractivity contribution in [3.8, 4) is 0 Å². The summed E-state index contributed by atoms with van der Waals surface area (Å²) >= 11 is 1.40. The molecule has 0 aliphatic heterocycles. The summed E-state index contributed by atoms with van der Waals surface area (Å²) in [4.78, 5) is 11.9. The fourth-order valence-electron chi connectivity index (χ4n) is 1.87. The Morgan fingerprint density at radius 3 is 2.45 bits per heavy atom. The van der Waals surface area contributed by atoms with Crippen LogP contribution in [0.15, 0.2) is 24.3 Å². The molecule has 118 valence electrons. The van der Waals surface area contributed by atoms with E-state index in [9.17, 15) is 4.79 Å². The van der Waals surface area contributed by atoms with Crippen LogP contribution in [0.5, 0.6) is 0 Å². The zero-order valence-corrected chi connectivity index (χ0v) is 13.8. The second kappa shape index (κ2) is 7.33. The number of anilines is 2. The summed E-state index contributed by atoms with van der Waals surface area (Å²) in [5.74, 6) is 0.512. The van der Waals surface area contributed by atoms with E-state index in [1.807, 2.05) is 31.2 Å². The number of urea groups is 1. The number of nitrogens with zero attached hydrogens (tertiary/aromatic N) is 2. The summed E-state index contributed by atoms with van der Waals surface area (Å²) in [6.07, 6.45) is 0.861. The van der Waals surface area contributed by atoms with Gasteiger partial charge in [0.05, 0.1) is 0 Å². The lowest BCUT2D eigenvalue weighted by molar-refractivity contribution is 0.262. The number of aromatic nitrogens is 2. The topological polar surface area (TPSA) is 92.9 Å². The van der Waals surface area contributed by atoms with E-state index in [4.69, 9.17) is 5.73 Å². The van der Waals surface area contributed by atoms with Crippen molar-refractivity contribution in [1.82, 2.24) is 10.2 Å². The molecule has 4 N–H and O–H groups in total. The van der Waals surface area contributed by atoms with E-state index in [0.29, 0.717) is 16.7 Å². The minimum Gasteiger partial charge on any atom is -0.324 e. The molecule has 2 rings (SSSR count). The first-order valence-corrected chi connectivity index (χ1v) is 8.01. The van der Waals surface area contributed by atoms with Crippen LogP contribution < -0.4 is 16.4 Å². The monoisotopic (exact) mass is 319 g/mol. The molecule has 1 aromatic carbocycles. The second-order valence-corrected chi connectivity index (χ2v) is 6.65. The maximum atomic E-state index is 11.9. The molecular formula is C15H21N5OS. The van der Waals surface area contributed by atoms with Gasteiger partial charge >= 0.3 is 6.03 Å². The first-order valence-electron chi connectivity index (χ1n) is 7.20. The van der Waals surface area contributed by atoms with Gasteiger partial charge in [-0.05, 0) is 30.5 Å². The number of carbonyl (C=O) groups is 1. The molecule has 6 nitrogen and oxygen atoms in total. The van der Waals surface area contributed by atoms with Crippen LogP contribution in [0.2, 0.25) is 0 Å². The molecule has 0 bridgehead atoms. The number of amides is 2. The van der Waals surface area contributed by atoms with Gasteiger partial charge in [0.2, 0.25) is 5.13 Å². The Labute approximate surface area is 134 Å². The van der Waals surface area contributed by atoms with Gasteiger partial charge in [-0.15, -0.1) is 10.2 Å². The van der Waals surface area contributed by atoms with E-state index in [1.54, 1.807) is 0 Å². The number of rotatable bonds is 5. The number of nitrogens with two attached hydrogens (primary N) is 1. The highest BCUT2D eigenvalue weighted by Crippen LogP contribution is 2.19. The van der Waals surface area contributed by atoms with Crippen molar-refractivity contribution in [3.63, 3.8) is 0 Å². The second-order valence-electron chi connectivity index (χ2n) is 5.59. The summed E-state index contributed by atoms with van der Waals surface area (Å²) < 4.78 is 0. The minimum absolute atomic E-state index is 0.0244. The van der Waals surface area contributed by atoms with Crippen molar-refractivity contribution in [1.29, 1.82) is 0 Å². The van der Waals surface area contributed by atoms with Crippen LogP contribution in [-0.4, -0.2) is 16.2 Å². The Balaban J connectivity index is 1.91. The number of nitrogens with one attached hydrogen (secondary N) is 2. The Hall–Kier alpha value is -1.99. The van der Waals surface area contributed by atoms with E-state index in [0.717, 1.165) is 17.0 Å². The average Bonchev–Trinajstić information content (AvgIpc) is 2.85. The SMILES string of the molecule is CC(C)Cc1nnc(NC(=O)Nc2ccc(C(C)N)cc2)s1. The van der Waals surface area contributed by atoms with Crippen molar-refractivity contribution in [3.05, 3.63) is 34.8 Å². The summed E-state index contributed by atoms with van der Waals surface area (Å²) in [5, 5.41) is 14.9. The van der Waals surface area contributed by atoms with Gasteiger partial charge in [0.15, 0.2) is 0 Å². The molecule has 0 aliphatic carbocycles. The van der Waals surface area contributed by atoms with Gasteiger partial charge in [0, 0.05) is 18.2 Å². The highest BCUT2D eigenvalue weighted by molar-refractivity contribution is 7.15. The number of hydrogen-bond donors (Lipinski definition) is 3. The zero-order chi connectivity index (χ0) is 16.1. The maximum Gasteiger partial charge on any atom is 0.325 e.